The van der Waals surface area contributed by atoms with Crippen LogP contribution in [-0.2, 0) is 9.47 Å². The standard InChI is InChI=1S/C31H50N4O6/c1-22(2)34(30(36)24-6-9-28(39-4)29(16-24)40-15-5-14-38-3)19-25-17-33-18-26(25)20-35(27-7-8-27)31(37)41-21-23-10-12-32-13-11-23/h6,9,16,22-23,25-27,32-33H,5,7-8,10-15,17-21H2,1-4H3/t25-,26-/m0/s1. The topological polar surface area (TPSA) is 102 Å². The molecule has 10 heteroatoms. The summed E-state index contributed by atoms with van der Waals surface area (Å²) in [6.45, 7) is 10.6. The molecule has 230 valence electrons. The molecule has 10 nitrogen and oxygen atoms in total. The highest BCUT2D eigenvalue weighted by Crippen LogP contribution is 2.32. The number of hydrogen-bond acceptors (Lipinski definition) is 8. The van der Waals surface area contributed by atoms with Gasteiger partial charge in [-0.2, -0.15) is 0 Å². The van der Waals surface area contributed by atoms with Crippen LogP contribution in [-0.4, -0.2) is 107 Å². The molecule has 0 radical (unpaired) electrons. The Morgan fingerprint density at radius 2 is 1.68 bits per heavy atom. The highest BCUT2D eigenvalue weighted by molar-refractivity contribution is 5.95. The van der Waals surface area contributed by atoms with Gasteiger partial charge < -0.3 is 39.4 Å². The van der Waals surface area contributed by atoms with Gasteiger partial charge in [0.1, 0.15) is 0 Å². The predicted octanol–water partition coefficient (Wildman–Crippen LogP) is 3.40. The van der Waals surface area contributed by atoms with Crippen LogP contribution in [0.15, 0.2) is 18.2 Å². The molecule has 0 bridgehead atoms. The number of ether oxygens (including phenoxy) is 4. The largest absolute Gasteiger partial charge is 0.493 e. The maximum Gasteiger partial charge on any atom is 0.410 e. The molecule has 3 aliphatic rings. The fourth-order valence-corrected chi connectivity index (χ4v) is 5.80. The van der Waals surface area contributed by atoms with E-state index in [1.165, 1.54) is 0 Å². The van der Waals surface area contributed by atoms with Gasteiger partial charge in [-0.1, -0.05) is 0 Å². The van der Waals surface area contributed by atoms with Crippen LogP contribution in [0.1, 0.15) is 56.3 Å². The van der Waals surface area contributed by atoms with Crippen LogP contribution in [0.2, 0.25) is 0 Å². The quantitative estimate of drug-likeness (QED) is 0.308. The summed E-state index contributed by atoms with van der Waals surface area (Å²) in [6.07, 6.45) is 4.76. The van der Waals surface area contributed by atoms with Crippen molar-refractivity contribution in [2.75, 3.05) is 73.3 Å². The van der Waals surface area contributed by atoms with Crippen molar-refractivity contribution < 1.29 is 28.5 Å². The monoisotopic (exact) mass is 574 g/mol. The highest BCUT2D eigenvalue weighted by atomic mass is 16.6. The molecule has 2 aliphatic heterocycles. The third-order valence-corrected chi connectivity index (χ3v) is 8.51. The molecule has 4 rings (SSSR count). The third-order valence-electron chi connectivity index (χ3n) is 8.51. The molecule has 2 heterocycles. The maximum absolute atomic E-state index is 13.8. The van der Waals surface area contributed by atoms with Gasteiger partial charge in [-0.25, -0.2) is 4.79 Å². The van der Waals surface area contributed by atoms with Gasteiger partial charge in [0, 0.05) is 64.0 Å². The average molecular weight is 575 g/mol. The van der Waals surface area contributed by atoms with E-state index < -0.39 is 0 Å². The van der Waals surface area contributed by atoms with Crippen LogP contribution < -0.4 is 20.1 Å². The van der Waals surface area contributed by atoms with Crippen molar-refractivity contribution in [2.45, 2.75) is 58.0 Å². The first-order chi connectivity index (χ1) is 19.9. The lowest BCUT2D eigenvalue weighted by atomic mass is 9.94. The van der Waals surface area contributed by atoms with Crippen molar-refractivity contribution in [3.8, 4) is 11.5 Å². The Hall–Kier alpha value is -2.56. The molecular formula is C31H50N4O6. The molecule has 3 fully saturated rings. The Morgan fingerprint density at radius 1 is 0.951 bits per heavy atom. The maximum atomic E-state index is 13.8. The fourth-order valence-electron chi connectivity index (χ4n) is 5.80. The number of hydrogen-bond donors (Lipinski definition) is 2. The third kappa shape index (κ3) is 8.96. The van der Waals surface area contributed by atoms with Gasteiger partial charge in [0.2, 0.25) is 0 Å². The molecular weight excluding hydrogens is 524 g/mol. The lowest BCUT2D eigenvalue weighted by Crippen LogP contribution is -2.45. The summed E-state index contributed by atoms with van der Waals surface area (Å²) < 4.78 is 22.3. The second kappa shape index (κ2) is 15.6. The second-order valence-corrected chi connectivity index (χ2v) is 11.9. The van der Waals surface area contributed by atoms with E-state index in [1.54, 1.807) is 32.4 Å². The molecule has 2 atom stereocenters. The van der Waals surface area contributed by atoms with Crippen molar-refractivity contribution in [3.05, 3.63) is 23.8 Å². The Kier molecular flexibility index (Phi) is 11.9. The fraction of sp³-hybridized carbons (Fsp3) is 0.742. The molecule has 1 aliphatic carbocycles. The van der Waals surface area contributed by atoms with Crippen LogP contribution in [0, 0.1) is 17.8 Å². The molecule has 2 amide bonds. The van der Waals surface area contributed by atoms with E-state index in [4.69, 9.17) is 18.9 Å². The van der Waals surface area contributed by atoms with Crippen molar-refractivity contribution in [1.82, 2.24) is 20.4 Å². The van der Waals surface area contributed by atoms with Crippen molar-refractivity contribution in [3.63, 3.8) is 0 Å². The van der Waals surface area contributed by atoms with E-state index in [0.717, 1.165) is 58.3 Å². The number of carbonyl (C=O) groups excluding carboxylic acids is 2. The summed E-state index contributed by atoms with van der Waals surface area (Å²) >= 11 is 0. The number of carbonyl (C=O) groups is 2. The minimum absolute atomic E-state index is 0.0198. The summed E-state index contributed by atoms with van der Waals surface area (Å²) in [7, 11) is 3.26. The van der Waals surface area contributed by atoms with E-state index in [2.05, 4.69) is 24.5 Å². The summed E-state index contributed by atoms with van der Waals surface area (Å²) in [4.78, 5) is 30.9. The SMILES string of the molecule is COCCCOc1cc(C(=O)N(C[C@@H]2CNC[C@H]2CN(C(=O)OCC2CCNCC2)C2CC2)C(C)C)ccc1OC. The molecule has 0 spiro atoms. The van der Waals surface area contributed by atoms with Crippen LogP contribution in [0.5, 0.6) is 11.5 Å². The van der Waals surface area contributed by atoms with Crippen molar-refractivity contribution in [1.29, 1.82) is 0 Å². The smallest absolute Gasteiger partial charge is 0.410 e. The number of methoxy groups -OCH3 is 2. The van der Waals surface area contributed by atoms with E-state index in [9.17, 15) is 9.59 Å². The average Bonchev–Trinajstić information content (AvgIpc) is 3.74. The Labute approximate surface area is 245 Å². The first-order valence-corrected chi connectivity index (χ1v) is 15.4. The van der Waals surface area contributed by atoms with Gasteiger partial charge in [0.05, 0.1) is 20.3 Å². The molecule has 1 saturated carbocycles. The molecule has 2 N–H and O–H groups in total. The number of nitrogens with zero attached hydrogens (tertiary/aromatic N) is 2. The van der Waals surface area contributed by atoms with Crippen molar-refractivity contribution in [2.24, 2.45) is 17.8 Å². The van der Waals surface area contributed by atoms with Gasteiger partial charge in [0.25, 0.3) is 5.91 Å². The van der Waals surface area contributed by atoms with Crippen LogP contribution in [0.25, 0.3) is 0 Å². The predicted molar refractivity (Wildman–Crippen MR) is 158 cm³/mol. The molecule has 1 aromatic rings. The molecule has 2 saturated heterocycles. The van der Waals surface area contributed by atoms with E-state index in [0.29, 0.717) is 55.9 Å². The Balaban J connectivity index is 1.38. The lowest BCUT2D eigenvalue weighted by molar-refractivity contribution is 0.0606. The van der Waals surface area contributed by atoms with Gasteiger partial charge in [-0.05, 0) is 88.6 Å². The van der Waals surface area contributed by atoms with Gasteiger partial charge in [0.15, 0.2) is 11.5 Å². The minimum atomic E-state index is -0.176. The Bertz CT molecular complexity index is 981. The number of rotatable bonds is 15. The lowest BCUT2D eigenvalue weighted by Gasteiger charge is -2.33. The normalized spacial score (nSPS) is 21.1. The summed E-state index contributed by atoms with van der Waals surface area (Å²) in [5, 5.41) is 6.89. The van der Waals surface area contributed by atoms with E-state index in [1.807, 2.05) is 9.80 Å². The zero-order valence-corrected chi connectivity index (χ0v) is 25.4. The van der Waals surface area contributed by atoms with Gasteiger partial charge in [-0.15, -0.1) is 0 Å². The molecule has 0 unspecified atom stereocenters. The summed E-state index contributed by atoms with van der Waals surface area (Å²) in [5.41, 5.74) is 0.574. The van der Waals surface area contributed by atoms with Gasteiger partial charge >= 0.3 is 6.09 Å². The molecule has 0 aromatic heterocycles. The van der Waals surface area contributed by atoms with Crippen LogP contribution in [0.4, 0.5) is 4.79 Å². The Morgan fingerprint density at radius 3 is 2.34 bits per heavy atom. The van der Waals surface area contributed by atoms with E-state index >= 15 is 0 Å². The van der Waals surface area contributed by atoms with Gasteiger partial charge in [-0.3, -0.25) is 4.79 Å². The zero-order chi connectivity index (χ0) is 29.2. The molecule has 1 aromatic carbocycles. The number of amides is 2. The summed E-state index contributed by atoms with van der Waals surface area (Å²) in [6, 6.07) is 5.67. The second-order valence-electron chi connectivity index (χ2n) is 11.9. The number of benzene rings is 1. The minimum Gasteiger partial charge on any atom is -0.493 e. The molecule has 41 heavy (non-hydrogen) atoms. The van der Waals surface area contributed by atoms with E-state index in [-0.39, 0.29) is 35.9 Å². The first-order valence-electron chi connectivity index (χ1n) is 15.4. The van der Waals surface area contributed by atoms with Crippen LogP contribution >= 0.6 is 0 Å². The van der Waals surface area contributed by atoms with Crippen LogP contribution in [0.3, 0.4) is 0 Å². The van der Waals surface area contributed by atoms with Crippen molar-refractivity contribution >= 4 is 12.0 Å². The first kappa shape index (κ1) is 31.4. The zero-order valence-electron chi connectivity index (χ0n) is 25.4. The highest BCUT2D eigenvalue weighted by Gasteiger charge is 2.39. The summed E-state index contributed by atoms with van der Waals surface area (Å²) in [5.74, 6) is 2.07. The number of nitrogens with one attached hydrogen (secondary N) is 2. The number of piperidine rings is 1.